The van der Waals surface area contributed by atoms with Crippen molar-refractivity contribution in [2.24, 2.45) is 0 Å². The van der Waals surface area contributed by atoms with Crippen LogP contribution in [0.5, 0.6) is 0 Å². The predicted octanol–water partition coefficient (Wildman–Crippen LogP) is 3.41. The molecule has 2 aromatic rings. The number of carbonyl (C=O) groups excluding carboxylic acids is 3. The molecule has 2 N–H and O–H groups in total. The van der Waals surface area contributed by atoms with E-state index in [-0.39, 0.29) is 36.1 Å². The third-order valence-corrected chi connectivity index (χ3v) is 5.10. The number of amides is 2. The molecule has 0 heterocycles. The van der Waals surface area contributed by atoms with E-state index in [0.717, 1.165) is 22.3 Å². The molecule has 0 unspecified atom stereocenters. The number of ether oxygens (including phenoxy) is 1. The summed E-state index contributed by atoms with van der Waals surface area (Å²) in [4.78, 5) is 35.9. The molecule has 10 radical (unpaired) electrons. The fourth-order valence-electron chi connectivity index (χ4n) is 3.27. The van der Waals surface area contributed by atoms with E-state index in [2.05, 4.69) is 22.5 Å². The first-order valence-corrected chi connectivity index (χ1v) is 11.6. The normalized spacial score (nSPS) is 15.3. The molecule has 6 nitrogen and oxygen atoms in total. The Labute approximate surface area is 231 Å². The average molecular weight is 536 g/mol. The number of rotatable bonds is 6. The summed E-state index contributed by atoms with van der Waals surface area (Å²) >= 11 is 0. The molecule has 2 fully saturated rings. The van der Waals surface area contributed by atoms with Gasteiger partial charge in [0.05, 0.1) is 19.1 Å². The van der Waals surface area contributed by atoms with Gasteiger partial charge in [0.1, 0.15) is 6.04 Å². The van der Waals surface area contributed by atoms with Crippen LogP contribution >= 0.6 is 0 Å². The second kappa shape index (κ2) is 16.1. The Morgan fingerprint density at radius 1 is 0.865 bits per heavy atom. The summed E-state index contributed by atoms with van der Waals surface area (Å²) in [5.41, 5.74) is 1.33. The minimum absolute atomic E-state index is 0. The van der Waals surface area contributed by atoms with E-state index in [4.69, 9.17) is 4.74 Å². The standard InChI is InChI=1S/C25H23N2O4.C5H5.Fe/c1-3-31-25(30)17(2)27-23(28)16-26-24(29)22-13-12-20-14-19(10-11-21(20)15-22)9-8-18-6-4-5-7-18;1-2-4-5-3-1;/h4-7,10-15,17H,3,16H2,1-2H3,(H,26,29)(H,27,28);1-5H;/q;;+2/t17-;;/m0../s1. The van der Waals surface area contributed by atoms with Crippen molar-refractivity contribution in [3.8, 4) is 11.8 Å². The van der Waals surface area contributed by atoms with Gasteiger partial charge in [-0.25, -0.2) is 4.79 Å². The molecule has 188 valence electrons. The fourth-order valence-corrected chi connectivity index (χ4v) is 3.27. The second-order valence-corrected chi connectivity index (χ2v) is 7.89. The maximum atomic E-state index is 12.4. The van der Waals surface area contributed by atoms with Gasteiger partial charge in [-0.05, 0) is 107 Å². The van der Waals surface area contributed by atoms with Crippen LogP contribution in [0.4, 0.5) is 0 Å². The molecule has 4 rings (SSSR count). The molecular formula is C30H28FeN2O4+2. The number of nitrogens with one attached hydrogen (secondary N) is 2. The van der Waals surface area contributed by atoms with Crippen molar-refractivity contribution in [1.82, 2.24) is 10.6 Å². The smallest absolute Gasteiger partial charge is 0.464 e. The Balaban J connectivity index is 0.000000716. The first-order chi connectivity index (χ1) is 17.5. The summed E-state index contributed by atoms with van der Waals surface area (Å²) < 4.78 is 4.83. The quantitative estimate of drug-likeness (QED) is 0.337. The molecule has 7 heteroatoms. The Morgan fingerprint density at radius 2 is 1.49 bits per heavy atom. The van der Waals surface area contributed by atoms with Crippen LogP contribution in [0.3, 0.4) is 0 Å². The van der Waals surface area contributed by atoms with E-state index in [1.807, 2.05) is 82.1 Å². The summed E-state index contributed by atoms with van der Waals surface area (Å²) in [6, 6.07) is 10.3. The zero-order chi connectivity index (χ0) is 25.8. The van der Waals surface area contributed by atoms with E-state index >= 15 is 0 Å². The van der Waals surface area contributed by atoms with Crippen LogP contribution in [0, 0.1) is 75.5 Å². The van der Waals surface area contributed by atoms with Crippen molar-refractivity contribution in [2.45, 2.75) is 19.9 Å². The van der Waals surface area contributed by atoms with Gasteiger partial charge in [0.2, 0.25) is 5.91 Å². The third-order valence-electron chi connectivity index (χ3n) is 5.10. The van der Waals surface area contributed by atoms with E-state index in [1.54, 1.807) is 19.1 Å². The van der Waals surface area contributed by atoms with Crippen molar-refractivity contribution in [2.75, 3.05) is 13.2 Å². The van der Waals surface area contributed by atoms with E-state index in [1.165, 1.54) is 6.92 Å². The topological polar surface area (TPSA) is 84.5 Å². The second-order valence-electron chi connectivity index (χ2n) is 7.89. The molecule has 37 heavy (non-hydrogen) atoms. The Bertz CT molecular complexity index is 1100. The van der Waals surface area contributed by atoms with Crippen molar-refractivity contribution in [3.05, 3.63) is 111 Å². The van der Waals surface area contributed by atoms with Crippen LogP contribution in [0.2, 0.25) is 0 Å². The Hall–Kier alpha value is -2.81. The van der Waals surface area contributed by atoms with Gasteiger partial charge in [0, 0.05) is 11.1 Å². The van der Waals surface area contributed by atoms with Gasteiger partial charge in [0.15, 0.2) is 0 Å². The van der Waals surface area contributed by atoms with Gasteiger partial charge in [-0.3, -0.25) is 9.59 Å². The molecule has 2 saturated carbocycles. The first kappa shape index (κ1) is 30.4. The van der Waals surface area contributed by atoms with Crippen LogP contribution < -0.4 is 10.6 Å². The number of fused-ring (bicyclic) bond motifs is 1. The van der Waals surface area contributed by atoms with Crippen LogP contribution in [0.1, 0.15) is 29.8 Å². The first-order valence-electron chi connectivity index (χ1n) is 11.6. The number of hydrogen-bond acceptors (Lipinski definition) is 4. The molecule has 0 saturated heterocycles. The minimum atomic E-state index is -0.776. The molecule has 2 aliphatic carbocycles. The molecule has 0 aromatic heterocycles. The summed E-state index contributed by atoms with van der Waals surface area (Å²) in [6.07, 6.45) is 17.8. The van der Waals surface area contributed by atoms with Crippen LogP contribution in [0.15, 0.2) is 36.4 Å². The van der Waals surface area contributed by atoms with Gasteiger partial charge in [-0.2, -0.15) is 0 Å². The summed E-state index contributed by atoms with van der Waals surface area (Å²) in [5, 5.41) is 6.91. The largest absolute Gasteiger partial charge is 2.00 e. The third kappa shape index (κ3) is 10.2. The van der Waals surface area contributed by atoms with E-state index < -0.39 is 17.9 Å². The Morgan fingerprint density at radius 3 is 2.14 bits per heavy atom. The van der Waals surface area contributed by atoms with E-state index in [9.17, 15) is 14.4 Å². The van der Waals surface area contributed by atoms with Crippen molar-refractivity contribution < 1.29 is 36.2 Å². The fraction of sp³-hybridized carbons (Fsp3) is 0.167. The number of hydrogen-bond donors (Lipinski definition) is 2. The monoisotopic (exact) mass is 536 g/mol. The van der Waals surface area contributed by atoms with Gasteiger partial charge in [0.25, 0.3) is 5.91 Å². The number of esters is 1. The van der Waals surface area contributed by atoms with Gasteiger partial charge in [-0.1, -0.05) is 24.0 Å². The summed E-state index contributed by atoms with van der Waals surface area (Å²) in [7, 11) is 0. The number of benzene rings is 2. The zero-order valence-electron chi connectivity index (χ0n) is 20.6. The van der Waals surface area contributed by atoms with Gasteiger partial charge in [-0.15, -0.1) is 0 Å². The maximum Gasteiger partial charge on any atom is 2.00 e. The molecule has 0 bridgehead atoms. The minimum Gasteiger partial charge on any atom is -0.464 e. The summed E-state index contributed by atoms with van der Waals surface area (Å²) in [5.74, 6) is 5.85. The molecular weight excluding hydrogens is 508 g/mol. The van der Waals surface area contributed by atoms with Crippen molar-refractivity contribution in [1.29, 1.82) is 0 Å². The van der Waals surface area contributed by atoms with Crippen molar-refractivity contribution in [3.63, 3.8) is 0 Å². The summed E-state index contributed by atoms with van der Waals surface area (Å²) in [6.45, 7) is 3.21. The average Bonchev–Trinajstić information content (AvgIpc) is 3.63. The Kier molecular flexibility index (Phi) is 13.2. The van der Waals surface area contributed by atoms with Gasteiger partial charge >= 0.3 is 23.0 Å². The molecule has 2 aromatic carbocycles. The van der Waals surface area contributed by atoms with Crippen LogP contribution in [-0.2, 0) is 31.4 Å². The molecule has 2 aliphatic rings. The maximum absolute atomic E-state index is 12.4. The molecule has 1 atom stereocenters. The van der Waals surface area contributed by atoms with Crippen LogP contribution in [-0.4, -0.2) is 37.0 Å². The predicted molar refractivity (Wildman–Crippen MR) is 139 cm³/mol. The molecule has 0 spiro atoms. The van der Waals surface area contributed by atoms with Gasteiger partial charge < -0.3 is 15.4 Å². The molecule has 2 amide bonds. The zero-order valence-corrected chi connectivity index (χ0v) is 21.7. The van der Waals surface area contributed by atoms with E-state index in [0.29, 0.717) is 5.56 Å². The molecule has 0 aliphatic heterocycles. The van der Waals surface area contributed by atoms with Crippen LogP contribution in [0.25, 0.3) is 10.8 Å². The number of carbonyl (C=O) groups is 3. The van der Waals surface area contributed by atoms with Crippen molar-refractivity contribution >= 4 is 28.6 Å². The SMILES string of the molecule is CCOC(=O)[C@H](C)NC(=O)CNC(=O)c1ccc2cc(C#C[C]3[CH][CH][CH][CH]3)ccc2c1.[CH]1[CH][CH][CH][CH]1.[Fe+2].